The van der Waals surface area contributed by atoms with Crippen LogP contribution in [0.4, 0.5) is 5.95 Å². The highest BCUT2D eigenvalue weighted by atomic mass is 32.2. The highest BCUT2D eigenvalue weighted by molar-refractivity contribution is 7.99. The minimum Gasteiger partial charge on any atom is -0.481 e. The van der Waals surface area contributed by atoms with E-state index in [2.05, 4.69) is 10.2 Å². The Bertz CT molecular complexity index is 624. The van der Waals surface area contributed by atoms with Gasteiger partial charge in [0.05, 0.1) is 11.4 Å². The van der Waals surface area contributed by atoms with Crippen LogP contribution in [-0.4, -0.2) is 31.6 Å². The second-order valence-corrected chi connectivity index (χ2v) is 5.09. The van der Waals surface area contributed by atoms with Crippen LogP contribution in [0.5, 0.6) is 0 Å². The van der Waals surface area contributed by atoms with E-state index in [1.54, 1.807) is 4.57 Å². The van der Waals surface area contributed by atoms with Crippen molar-refractivity contribution in [3.05, 3.63) is 29.3 Å². The van der Waals surface area contributed by atoms with Crippen LogP contribution < -0.4 is 5.73 Å². The van der Waals surface area contributed by atoms with Crippen LogP contribution in [0.3, 0.4) is 0 Å². The molecule has 2 rings (SSSR count). The number of anilines is 1. The first-order valence-corrected chi connectivity index (χ1v) is 6.60. The van der Waals surface area contributed by atoms with Crippen LogP contribution in [-0.2, 0) is 4.79 Å². The number of carbonyl (C=O) groups is 1. The Labute approximate surface area is 114 Å². The number of rotatable bonds is 4. The summed E-state index contributed by atoms with van der Waals surface area (Å²) in [5.74, 6) is -0.733. The van der Waals surface area contributed by atoms with Gasteiger partial charge in [-0.3, -0.25) is 9.36 Å². The largest absolute Gasteiger partial charge is 0.481 e. The molecule has 0 amide bonds. The molecule has 3 N–H and O–H groups in total. The normalized spacial score (nSPS) is 10.6. The standard InChI is InChI=1S/C12H14N4O2S/c1-7-3-4-8(2)9(5-7)16-11(13)14-15-12(16)19-6-10(17)18/h3-5H,6H2,1-2H3,(H2,13,14)(H,17,18). The summed E-state index contributed by atoms with van der Waals surface area (Å²) in [5, 5.41) is 17.0. The summed E-state index contributed by atoms with van der Waals surface area (Å²) in [7, 11) is 0. The molecule has 0 unspecified atom stereocenters. The summed E-state index contributed by atoms with van der Waals surface area (Å²) < 4.78 is 1.68. The Hall–Kier alpha value is -2.02. The number of benzene rings is 1. The zero-order valence-corrected chi connectivity index (χ0v) is 11.4. The van der Waals surface area contributed by atoms with Gasteiger partial charge in [0.25, 0.3) is 0 Å². The SMILES string of the molecule is Cc1ccc(C)c(-n2c(N)nnc2SCC(=O)O)c1. The molecule has 19 heavy (non-hydrogen) atoms. The van der Waals surface area contributed by atoms with E-state index in [1.165, 1.54) is 0 Å². The molecule has 6 nitrogen and oxygen atoms in total. The van der Waals surface area contributed by atoms with E-state index in [-0.39, 0.29) is 11.7 Å². The average molecular weight is 278 g/mol. The first-order valence-electron chi connectivity index (χ1n) is 5.62. The number of aromatic nitrogens is 3. The van der Waals surface area contributed by atoms with Gasteiger partial charge in [-0.15, -0.1) is 10.2 Å². The summed E-state index contributed by atoms with van der Waals surface area (Å²) in [4.78, 5) is 10.6. The fourth-order valence-corrected chi connectivity index (χ4v) is 2.36. The lowest BCUT2D eigenvalue weighted by Gasteiger charge is -2.11. The molecule has 0 spiro atoms. The van der Waals surface area contributed by atoms with Crippen molar-refractivity contribution in [3.8, 4) is 5.69 Å². The molecule has 0 saturated heterocycles. The number of thioether (sulfide) groups is 1. The molecule has 7 heteroatoms. The second-order valence-electron chi connectivity index (χ2n) is 4.15. The summed E-state index contributed by atoms with van der Waals surface area (Å²) in [5.41, 5.74) is 8.81. The van der Waals surface area contributed by atoms with Crippen molar-refractivity contribution in [1.82, 2.24) is 14.8 Å². The molecule has 0 fully saturated rings. The number of nitrogens with zero attached hydrogens (tertiary/aromatic N) is 3. The number of aliphatic carboxylic acids is 1. The number of aryl methyl sites for hydroxylation is 2. The molecule has 0 aliphatic rings. The summed E-state index contributed by atoms with van der Waals surface area (Å²) in [6.07, 6.45) is 0. The molecule has 0 aliphatic heterocycles. The molecule has 1 aromatic heterocycles. The summed E-state index contributed by atoms with van der Waals surface area (Å²) >= 11 is 1.10. The molecular weight excluding hydrogens is 264 g/mol. The molecular formula is C12H14N4O2S. The van der Waals surface area contributed by atoms with Crippen molar-refractivity contribution in [2.45, 2.75) is 19.0 Å². The molecule has 0 saturated carbocycles. The van der Waals surface area contributed by atoms with Gasteiger partial charge < -0.3 is 10.8 Å². The molecule has 0 atom stereocenters. The highest BCUT2D eigenvalue weighted by Crippen LogP contribution is 2.25. The summed E-state index contributed by atoms with van der Waals surface area (Å²) in [6.45, 7) is 3.94. The van der Waals surface area contributed by atoms with Crippen LogP contribution >= 0.6 is 11.8 Å². The zero-order chi connectivity index (χ0) is 14.0. The third-order valence-corrected chi connectivity index (χ3v) is 3.50. The Kier molecular flexibility index (Phi) is 3.75. The van der Waals surface area contributed by atoms with Gasteiger partial charge in [0.2, 0.25) is 5.95 Å². The van der Waals surface area contributed by atoms with Gasteiger partial charge >= 0.3 is 5.97 Å². The first-order chi connectivity index (χ1) is 8.99. The number of nitrogen functional groups attached to an aromatic ring is 1. The molecule has 0 aliphatic carbocycles. The third-order valence-electron chi connectivity index (χ3n) is 2.59. The van der Waals surface area contributed by atoms with E-state index in [0.29, 0.717) is 5.16 Å². The van der Waals surface area contributed by atoms with Crippen LogP contribution in [0.25, 0.3) is 5.69 Å². The van der Waals surface area contributed by atoms with Crippen LogP contribution in [0.1, 0.15) is 11.1 Å². The van der Waals surface area contributed by atoms with Gasteiger partial charge in [0, 0.05) is 0 Å². The number of carboxylic acids is 1. The fraction of sp³-hybridized carbons (Fsp3) is 0.250. The predicted molar refractivity (Wildman–Crippen MR) is 73.6 cm³/mol. The van der Waals surface area contributed by atoms with Gasteiger partial charge in [-0.25, -0.2) is 0 Å². The van der Waals surface area contributed by atoms with E-state index >= 15 is 0 Å². The Balaban J connectivity index is 2.46. The highest BCUT2D eigenvalue weighted by Gasteiger charge is 2.15. The molecule has 2 aromatic rings. The van der Waals surface area contributed by atoms with Crippen molar-refractivity contribution < 1.29 is 9.90 Å². The maximum Gasteiger partial charge on any atom is 0.313 e. The second kappa shape index (κ2) is 5.31. The van der Waals surface area contributed by atoms with Crippen LogP contribution in [0.15, 0.2) is 23.4 Å². The number of nitrogens with two attached hydrogens (primary N) is 1. The van der Waals surface area contributed by atoms with Gasteiger partial charge in [-0.05, 0) is 31.0 Å². The quantitative estimate of drug-likeness (QED) is 0.826. The number of hydrogen-bond donors (Lipinski definition) is 2. The van der Waals surface area contributed by atoms with Crippen molar-refractivity contribution in [2.24, 2.45) is 0 Å². The topological polar surface area (TPSA) is 94.0 Å². The van der Waals surface area contributed by atoms with Crippen LogP contribution in [0.2, 0.25) is 0 Å². The van der Waals surface area contributed by atoms with Gasteiger partial charge in [-0.1, -0.05) is 23.9 Å². The van der Waals surface area contributed by atoms with E-state index in [1.807, 2.05) is 32.0 Å². The van der Waals surface area contributed by atoms with E-state index in [4.69, 9.17) is 10.8 Å². The molecule has 1 aromatic carbocycles. The Morgan fingerprint density at radius 1 is 1.42 bits per heavy atom. The molecule has 0 bridgehead atoms. The van der Waals surface area contributed by atoms with E-state index < -0.39 is 5.97 Å². The van der Waals surface area contributed by atoms with Gasteiger partial charge in [0.15, 0.2) is 5.16 Å². The van der Waals surface area contributed by atoms with Crippen molar-refractivity contribution in [3.63, 3.8) is 0 Å². The lowest BCUT2D eigenvalue weighted by Crippen LogP contribution is -2.06. The van der Waals surface area contributed by atoms with E-state index in [0.717, 1.165) is 28.6 Å². The van der Waals surface area contributed by atoms with Crippen molar-refractivity contribution in [1.29, 1.82) is 0 Å². The molecule has 0 radical (unpaired) electrons. The monoisotopic (exact) mass is 278 g/mol. The molecule has 1 heterocycles. The van der Waals surface area contributed by atoms with Gasteiger partial charge in [-0.2, -0.15) is 0 Å². The maximum atomic E-state index is 10.6. The zero-order valence-electron chi connectivity index (χ0n) is 10.6. The van der Waals surface area contributed by atoms with E-state index in [9.17, 15) is 4.79 Å². The lowest BCUT2D eigenvalue weighted by molar-refractivity contribution is -0.133. The fourth-order valence-electron chi connectivity index (χ4n) is 1.69. The van der Waals surface area contributed by atoms with Crippen molar-refractivity contribution >= 4 is 23.7 Å². The minimum atomic E-state index is -0.904. The number of hydrogen-bond acceptors (Lipinski definition) is 5. The predicted octanol–water partition coefficient (Wildman–Crippen LogP) is 1.64. The smallest absolute Gasteiger partial charge is 0.313 e. The van der Waals surface area contributed by atoms with Crippen molar-refractivity contribution in [2.75, 3.05) is 11.5 Å². The van der Waals surface area contributed by atoms with Crippen LogP contribution in [0, 0.1) is 13.8 Å². The number of carboxylic acid groups (broad SMARTS) is 1. The lowest BCUT2D eigenvalue weighted by atomic mass is 10.1. The Morgan fingerprint density at radius 2 is 2.16 bits per heavy atom. The summed E-state index contributed by atoms with van der Waals surface area (Å²) in [6, 6.07) is 5.96. The minimum absolute atomic E-state index is 0.0804. The maximum absolute atomic E-state index is 10.6. The Morgan fingerprint density at radius 3 is 2.84 bits per heavy atom. The van der Waals surface area contributed by atoms with Gasteiger partial charge in [0.1, 0.15) is 0 Å². The first kappa shape index (κ1) is 13.4. The molecule has 100 valence electrons. The average Bonchev–Trinajstić information content (AvgIpc) is 2.71. The third kappa shape index (κ3) is 2.87.